The minimum absolute atomic E-state index is 0.203. The summed E-state index contributed by atoms with van der Waals surface area (Å²) in [6, 6.07) is 0. The first-order valence-corrected chi connectivity index (χ1v) is 3.80. The second kappa shape index (κ2) is 3.46. The first-order chi connectivity index (χ1) is 5.27. The van der Waals surface area contributed by atoms with Gasteiger partial charge in [0, 0.05) is 12.0 Å². The summed E-state index contributed by atoms with van der Waals surface area (Å²) in [5, 5.41) is 0. The topological polar surface area (TPSA) is 17.1 Å². The van der Waals surface area contributed by atoms with E-state index >= 15 is 0 Å². The Morgan fingerprint density at radius 2 is 2.55 bits per heavy atom. The van der Waals surface area contributed by atoms with Crippen molar-refractivity contribution in [2.24, 2.45) is 5.92 Å². The normalized spacial score (nSPS) is 24.0. The molecular formula is C9H11FO. The number of rotatable bonds is 2. The largest absolute Gasteiger partial charge is 0.298 e. The van der Waals surface area contributed by atoms with E-state index in [1.165, 1.54) is 0 Å². The maximum absolute atomic E-state index is 12.9. The van der Waals surface area contributed by atoms with Gasteiger partial charge in [-0.2, -0.15) is 0 Å². The van der Waals surface area contributed by atoms with Gasteiger partial charge in [0.2, 0.25) is 0 Å². The Kier molecular flexibility index (Phi) is 2.58. The molecule has 1 unspecified atom stereocenters. The second-order valence-corrected chi connectivity index (χ2v) is 2.71. The van der Waals surface area contributed by atoms with Crippen LogP contribution in [0.1, 0.15) is 19.8 Å². The average Bonchev–Trinajstić information content (AvgIpc) is 2.04. The van der Waals surface area contributed by atoms with Gasteiger partial charge in [0.1, 0.15) is 5.83 Å². The molecule has 0 amide bonds. The molecule has 0 bridgehead atoms. The van der Waals surface area contributed by atoms with E-state index in [0.29, 0.717) is 12.7 Å². The molecule has 1 aliphatic rings. The minimum Gasteiger partial charge on any atom is -0.298 e. The lowest BCUT2D eigenvalue weighted by molar-refractivity contribution is -0.104. The number of carbonyl (C=O) groups excluding carboxylic acids is 1. The molecule has 0 aliphatic heterocycles. The zero-order valence-corrected chi connectivity index (χ0v) is 6.51. The van der Waals surface area contributed by atoms with E-state index in [9.17, 15) is 9.18 Å². The van der Waals surface area contributed by atoms with E-state index < -0.39 is 0 Å². The summed E-state index contributed by atoms with van der Waals surface area (Å²) in [7, 11) is 0. The molecule has 0 fully saturated rings. The minimum atomic E-state index is -0.269. The van der Waals surface area contributed by atoms with Crippen LogP contribution in [0.3, 0.4) is 0 Å². The lowest BCUT2D eigenvalue weighted by Gasteiger charge is -2.13. The van der Waals surface area contributed by atoms with Crippen molar-refractivity contribution >= 4 is 6.29 Å². The molecule has 60 valence electrons. The number of hydrogen-bond acceptors (Lipinski definition) is 1. The van der Waals surface area contributed by atoms with E-state index in [2.05, 4.69) is 0 Å². The average molecular weight is 154 g/mol. The third-order valence-electron chi connectivity index (χ3n) is 1.95. The van der Waals surface area contributed by atoms with Crippen LogP contribution in [0.5, 0.6) is 0 Å². The molecule has 1 aliphatic carbocycles. The molecule has 1 nitrogen and oxygen atoms in total. The Labute approximate surface area is 65.6 Å². The highest BCUT2D eigenvalue weighted by Crippen LogP contribution is 2.25. The van der Waals surface area contributed by atoms with Gasteiger partial charge in [0.25, 0.3) is 0 Å². The van der Waals surface area contributed by atoms with E-state index in [1.807, 2.05) is 13.0 Å². The SMILES string of the molecule is CCC1C=CC(C=O)=C(F)C1. The van der Waals surface area contributed by atoms with E-state index in [0.717, 1.165) is 6.42 Å². The molecule has 1 rings (SSSR count). The zero-order valence-electron chi connectivity index (χ0n) is 6.51. The molecule has 0 saturated carbocycles. The number of allylic oxidation sites excluding steroid dienone is 4. The molecule has 0 heterocycles. The van der Waals surface area contributed by atoms with Crippen molar-refractivity contribution in [3.05, 3.63) is 23.6 Å². The summed E-state index contributed by atoms with van der Waals surface area (Å²) >= 11 is 0. The molecule has 0 aromatic carbocycles. The van der Waals surface area contributed by atoms with Gasteiger partial charge in [0.05, 0.1) is 0 Å². The second-order valence-electron chi connectivity index (χ2n) is 2.71. The third kappa shape index (κ3) is 1.76. The standard InChI is InChI=1S/C9H11FO/c1-2-7-3-4-8(6-11)9(10)5-7/h3-4,6-7H,2,5H2,1H3. The van der Waals surface area contributed by atoms with Crippen LogP contribution in [0, 0.1) is 5.92 Å². The molecule has 0 aromatic heterocycles. The van der Waals surface area contributed by atoms with Crippen LogP contribution in [0.4, 0.5) is 4.39 Å². The lowest BCUT2D eigenvalue weighted by Crippen LogP contribution is -2.02. The Bertz CT molecular complexity index is 216. The Morgan fingerprint density at radius 3 is 3.00 bits per heavy atom. The molecule has 0 saturated heterocycles. The van der Waals surface area contributed by atoms with Crippen LogP contribution in [0.15, 0.2) is 23.6 Å². The van der Waals surface area contributed by atoms with Crippen LogP contribution in [-0.4, -0.2) is 6.29 Å². The fourth-order valence-electron chi connectivity index (χ4n) is 1.13. The predicted octanol–water partition coefficient (Wildman–Crippen LogP) is 2.40. The van der Waals surface area contributed by atoms with Gasteiger partial charge in [-0.05, 0) is 12.3 Å². The zero-order chi connectivity index (χ0) is 8.27. The third-order valence-corrected chi connectivity index (χ3v) is 1.95. The van der Waals surface area contributed by atoms with Gasteiger partial charge in [-0.25, -0.2) is 4.39 Å². The summed E-state index contributed by atoms with van der Waals surface area (Å²) in [5.74, 6) is 0.00745. The van der Waals surface area contributed by atoms with Crippen molar-refractivity contribution in [3.8, 4) is 0 Å². The number of hydrogen-bond donors (Lipinski definition) is 0. The first kappa shape index (κ1) is 8.18. The van der Waals surface area contributed by atoms with E-state index in [4.69, 9.17) is 0 Å². The quantitative estimate of drug-likeness (QED) is 0.558. The molecule has 0 spiro atoms. The van der Waals surface area contributed by atoms with E-state index in [1.54, 1.807) is 6.08 Å². The fraction of sp³-hybridized carbons (Fsp3) is 0.444. The van der Waals surface area contributed by atoms with Gasteiger partial charge < -0.3 is 0 Å². The van der Waals surface area contributed by atoms with Crippen molar-refractivity contribution in [2.75, 3.05) is 0 Å². The van der Waals surface area contributed by atoms with Gasteiger partial charge in [-0.15, -0.1) is 0 Å². The molecule has 0 N–H and O–H groups in total. The van der Waals surface area contributed by atoms with Crippen molar-refractivity contribution in [3.63, 3.8) is 0 Å². The highest BCUT2D eigenvalue weighted by atomic mass is 19.1. The monoisotopic (exact) mass is 154 g/mol. The predicted molar refractivity (Wildman–Crippen MR) is 41.7 cm³/mol. The van der Waals surface area contributed by atoms with Crippen LogP contribution in [0.25, 0.3) is 0 Å². The summed E-state index contributed by atoms with van der Waals surface area (Å²) in [4.78, 5) is 10.2. The molecular weight excluding hydrogens is 143 g/mol. The lowest BCUT2D eigenvalue weighted by atomic mass is 9.94. The molecule has 0 radical (unpaired) electrons. The van der Waals surface area contributed by atoms with E-state index in [-0.39, 0.29) is 17.3 Å². The van der Waals surface area contributed by atoms with Crippen molar-refractivity contribution in [1.29, 1.82) is 0 Å². The van der Waals surface area contributed by atoms with Gasteiger partial charge in [-0.3, -0.25) is 4.79 Å². The molecule has 1 atom stereocenters. The summed E-state index contributed by atoms with van der Waals surface area (Å²) in [6.07, 6.45) is 5.35. The number of carbonyl (C=O) groups is 1. The smallest absolute Gasteiger partial charge is 0.152 e. The Morgan fingerprint density at radius 1 is 1.82 bits per heavy atom. The summed E-state index contributed by atoms with van der Waals surface area (Å²) in [6.45, 7) is 2.01. The van der Waals surface area contributed by atoms with Crippen molar-refractivity contribution in [2.45, 2.75) is 19.8 Å². The fourth-order valence-corrected chi connectivity index (χ4v) is 1.13. The van der Waals surface area contributed by atoms with Crippen molar-refractivity contribution in [1.82, 2.24) is 0 Å². The summed E-state index contributed by atoms with van der Waals surface area (Å²) < 4.78 is 12.9. The molecule has 0 aromatic rings. The summed E-state index contributed by atoms with van der Waals surface area (Å²) in [5.41, 5.74) is 0.203. The van der Waals surface area contributed by atoms with Gasteiger partial charge >= 0.3 is 0 Å². The van der Waals surface area contributed by atoms with Crippen LogP contribution in [0.2, 0.25) is 0 Å². The van der Waals surface area contributed by atoms with Gasteiger partial charge in [0.15, 0.2) is 6.29 Å². The highest BCUT2D eigenvalue weighted by molar-refractivity contribution is 5.78. The van der Waals surface area contributed by atoms with Crippen LogP contribution in [-0.2, 0) is 4.79 Å². The molecule has 2 heteroatoms. The van der Waals surface area contributed by atoms with Crippen molar-refractivity contribution < 1.29 is 9.18 Å². The van der Waals surface area contributed by atoms with Gasteiger partial charge in [-0.1, -0.05) is 19.1 Å². The number of aldehydes is 1. The first-order valence-electron chi connectivity index (χ1n) is 3.80. The highest BCUT2D eigenvalue weighted by Gasteiger charge is 2.13. The van der Waals surface area contributed by atoms with Crippen LogP contribution >= 0.6 is 0 Å². The maximum Gasteiger partial charge on any atom is 0.152 e. The molecule has 11 heavy (non-hydrogen) atoms. The Balaban J connectivity index is 2.73. The number of halogens is 1. The van der Waals surface area contributed by atoms with Crippen LogP contribution < -0.4 is 0 Å². The maximum atomic E-state index is 12.9. The Hall–Kier alpha value is -0.920.